The van der Waals surface area contributed by atoms with E-state index in [4.69, 9.17) is 4.74 Å². The Balaban J connectivity index is 1.57. The Labute approximate surface area is 228 Å². The highest BCUT2D eigenvalue weighted by atomic mass is 32.2. The average molecular weight is 535 g/mol. The first-order valence-corrected chi connectivity index (χ1v) is 13.6. The number of urea groups is 1. The van der Waals surface area contributed by atoms with E-state index in [9.17, 15) is 14.9 Å². The molecule has 4 rings (SSSR count). The fraction of sp³-hybridized carbons (Fsp3) is 0.345. The zero-order valence-corrected chi connectivity index (χ0v) is 22.7. The maximum atomic E-state index is 13.5. The molecule has 8 nitrogen and oxygen atoms in total. The quantitative estimate of drug-likeness (QED) is 0.249. The summed E-state index contributed by atoms with van der Waals surface area (Å²) in [5.74, 6) is 0. The first-order valence-electron chi connectivity index (χ1n) is 12.8. The summed E-state index contributed by atoms with van der Waals surface area (Å²) in [4.78, 5) is 30.7. The number of anilines is 1. The van der Waals surface area contributed by atoms with Crippen LogP contribution in [0.3, 0.4) is 0 Å². The summed E-state index contributed by atoms with van der Waals surface area (Å²) in [6.07, 6.45) is 0.788. The van der Waals surface area contributed by atoms with E-state index in [1.165, 1.54) is 6.07 Å². The topological polar surface area (TPSA) is 88.0 Å². The van der Waals surface area contributed by atoms with Gasteiger partial charge in [-0.25, -0.2) is 4.79 Å². The number of nitro benzene ring substituents is 1. The summed E-state index contributed by atoms with van der Waals surface area (Å²) in [6, 6.07) is 20.5. The lowest BCUT2D eigenvalue weighted by Crippen LogP contribution is -2.40. The number of non-ortho nitro benzene ring substituents is 1. The van der Waals surface area contributed by atoms with Gasteiger partial charge in [0, 0.05) is 60.3 Å². The molecular weight excluding hydrogens is 500 g/mol. The van der Waals surface area contributed by atoms with Crippen molar-refractivity contribution in [2.75, 3.05) is 44.7 Å². The van der Waals surface area contributed by atoms with Gasteiger partial charge < -0.3 is 15.0 Å². The number of carbonyl (C=O) groups is 1. The Morgan fingerprint density at radius 3 is 2.53 bits per heavy atom. The van der Waals surface area contributed by atoms with Gasteiger partial charge in [0.25, 0.3) is 5.69 Å². The fourth-order valence-corrected chi connectivity index (χ4v) is 5.23. The molecule has 1 aliphatic rings. The number of nitrogens with one attached hydrogen (secondary N) is 1. The summed E-state index contributed by atoms with van der Waals surface area (Å²) in [6.45, 7) is 8.86. The number of aryl methyl sites for hydroxylation is 2. The van der Waals surface area contributed by atoms with Gasteiger partial charge in [-0.15, -0.1) is 0 Å². The molecule has 0 saturated carbocycles. The zero-order chi connectivity index (χ0) is 26.9. The minimum atomic E-state index is -0.389. The van der Waals surface area contributed by atoms with Crippen LogP contribution in [0.15, 0.2) is 76.5 Å². The van der Waals surface area contributed by atoms with Gasteiger partial charge in [-0.3, -0.25) is 15.0 Å². The van der Waals surface area contributed by atoms with Crippen molar-refractivity contribution in [1.82, 2.24) is 9.80 Å². The Morgan fingerprint density at radius 2 is 1.82 bits per heavy atom. The van der Waals surface area contributed by atoms with Crippen LogP contribution in [0.4, 0.5) is 16.2 Å². The molecule has 0 aromatic heterocycles. The third-order valence-electron chi connectivity index (χ3n) is 6.54. The van der Waals surface area contributed by atoms with E-state index in [-0.39, 0.29) is 23.2 Å². The van der Waals surface area contributed by atoms with Crippen molar-refractivity contribution < 1.29 is 14.5 Å². The SMILES string of the molecule is Cc1ccc(Sc2ccc([N+](=O)[O-])cc2CN(CCCN2CCOCC2)C(=O)Nc2ccccc2C)cc1. The van der Waals surface area contributed by atoms with Gasteiger partial charge in [0.1, 0.15) is 0 Å². The van der Waals surface area contributed by atoms with Gasteiger partial charge in [-0.05, 0) is 55.7 Å². The standard InChI is InChI=1S/C29H34N4O4S/c1-22-8-11-26(12-9-22)38-28-13-10-25(33(35)36)20-24(28)21-32(15-5-14-31-16-18-37-19-17-31)29(34)30-27-7-4-3-6-23(27)2/h3-4,6-13,20H,5,14-19,21H2,1-2H3,(H,30,34). The van der Waals surface area contributed by atoms with Gasteiger partial charge >= 0.3 is 6.03 Å². The van der Waals surface area contributed by atoms with Gasteiger partial charge in [0.15, 0.2) is 0 Å². The molecule has 9 heteroatoms. The number of rotatable bonds is 10. The van der Waals surface area contributed by atoms with Crippen molar-refractivity contribution in [2.45, 2.75) is 36.6 Å². The largest absolute Gasteiger partial charge is 0.379 e. The molecule has 1 heterocycles. The Bertz CT molecular complexity index is 1250. The number of para-hydroxylation sites is 1. The van der Waals surface area contributed by atoms with Crippen LogP contribution in [-0.2, 0) is 11.3 Å². The molecule has 38 heavy (non-hydrogen) atoms. The van der Waals surface area contributed by atoms with Gasteiger partial charge in [-0.1, -0.05) is 47.7 Å². The van der Waals surface area contributed by atoms with Crippen molar-refractivity contribution in [3.8, 4) is 0 Å². The molecule has 3 aromatic carbocycles. The Hall–Kier alpha value is -3.40. The maximum absolute atomic E-state index is 13.5. The van der Waals surface area contributed by atoms with Crippen molar-refractivity contribution in [2.24, 2.45) is 0 Å². The highest BCUT2D eigenvalue weighted by Gasteiger charge is 2.20. The van der Waals surface area contributed by atoms with Crippen LogP contribution >= 0.6 is 11.8 Å². The second kappa shape index (κ2) is 13.4. The number of carbonyl (C=O) groups excluding carboxylic acids is 1. The number of hydrogen-bond donors (Lipinski definition) is 1. The second-order valence-corrected chi connectivity index (χ2v) is 10.6. The molecular formula is C29H34N4O4S. The van der Waals surface area contributed by atoms with Crippen LogP contribution in [-0.4, -0.2) is 60.1 Å². The van der Waals surface area contributed by atoms with E-state index in [1.54, 1.807) is 28.8 Å². The molecule has 0 atom stereocenters. The average Bonchev–Trinajstić information content (AvgIpc) is 2.92. The Morgan fingerprint density at radius 1 is 1.08 bits per heavy atom. The van der Waals surface area contributed by atoms with E-state index in [0.717, 1.165) is 71.4 Å². The summed E-state index contributed by atoms with van der Waals surface area (Å²) >= 11 is 1.55. The van der Waals surface area contributed by atoms with E-state index >= 15 is 0 Å². The van der Waals surface area contributed by atoms with Crippen LogP contribution < -0.4 is 5.32 Å². The van der Waals surface area contributed by atoms with Crippen LogP contribution in [0.25, 0.3) is 0 Å². The van der Waals surface area contributed by atoms with E-state index < -0.39 is 0 Å². The van der Waals surface area contributed by atoms with Crippen molar-refractivity contribution in [3.05, 3.63) is 93.5 Å². The third kappa shape index (κ3) is 7.80. The molecule has 0 bridgehead atoms. The van der Waals surface area contributed by atoms with Crippen molar-refractivity contribution >= 4 is 29.2 Å². The number of nitrogens with zero attached hydrogens (tertiary/aromatic N) is 3. The van der Waals surface area contributed by atoms with Gasteiger partial charge in [0.05, 0.1) is 18.1 Å². The molecule has 0 spiro atoms. The van der Waals surface area contributed by atoms with E-state index in [0.29, 0.717) is 6.54 Å². The molecule has 2 amide bonds. The first kappa shape index (κ1) is 27.6. The molecule has 0 aliphatic carbocycles. The summed E-state index contributed by atoms with van der Waals surface area (Å²) in [5, 5.41) is 14.6. The van der Waals surface area contributed by atoms with E-state index in [1.807, 2.05) is 62.4 Å². The molecule has 3 aromatic rings. The monoisotopic (exact) mass is 534 g/mol. The first-order chi connectivity index (χ1) is 18.4. The van der Waals surface area contributed by atoms with Gasteiger partial charge in [-0.2, -0.15) is 0 Å². The molecule has 1 N–H and O–H groups in total. The fourth-order valence-electron chi connectivity index (χ4n) is 4.31. The molecule has 200 valence electrons. The summed E-state index contributed by atoms with van der Waals surface area (Å²) < 4.78 is 5.45. The number of amides is 2. The normalized spacial score (nSPS) is 13.7. The molecule has 1 aliphatic heterocycles. The highest BCUT2D eigenvalue weighted by Crippen LogP contribution is 2.33. The number of morpholine rings is 1. The van der Waals surface area contributed by atoms with Crippen molar-refractivity contribution in [1.29, 1.82) is 0 Å². The predicted octanol–water partition coefficient (Wildman–Crippen LogP) is 6.12. The number of hydrogen-bond acceptors (Lipinski definition) is 6. The van der Waals surface area contributed by atoms with Gasteiger partial charge in [0.2, 0.25) is 0 Å². The lowest BCUT2D eigenvalue weighted by molar-refractivity contribution is -0.385. The smallest absolute Gasteiger partial charge is 0.322 e. The zero-order valence-electron chi connectivity index (χ0n) is 21.9. The lowest BCUT2D eigenvalue weighted by Gasteiger charge is -2.29. The summed E-state index contributed by atoms with van der Waals surface area (Å²) in [7, 11) is 0. The highest BCUT2D eigenvalue weighted by molar-refractivity contribution is 7.99. The van der Waals surface area contributed by atoms with Crippen LogP contribution in [0.1, 0.15) is 23.1 Å². The number of ether oxygens (including phenoxy) is 1. The Kier molecular flexibility index (Phi) is 9.75. The lowest BCUT2D eigenvalue weighted by atomic mass is 10.1. The predicted molar refractivity (Wildman–Crippen MR) is 151 cm³/mol. The molecule has 1 fully saturated rings. The molecule has 1 saturated heterocycles. The minimum Gasteiger partial charge on any atom is -0.379 e. The third-order valence-corrected chi connectivity index (χ3v) is 7.67. The maximum Gasteiger partial charge on any atom is 0.322 e. The van der Waals surface area contributed by atoms with E-state index in [2.05, 4.69) is 10.2 Å². The number of nitro groups is 1. The van der Waals surface area contributed by atoms with Crippen LogP contribution in [0.2, 0.25) is 0 Å². The molecule has 0 radical (unpaired) electrons. The molecule has 0 unspecified atom stereocenters. The van der Waals surface area contributed by atoms with Crippen LogP contribution in [0.5, 0.6) is 0 Å². The van der Waals surface area contributed by atoms with Crippen molar-refractivity contribution in [3.63, 3.8) is 0 Å². The second-order valence-electron chi connectivity index (χ2n) is 9.44. The number of benzene rings is 3. The summed E-state index contributed by atoms with van der Waals surface area (Å²) in [5.41, 5.74) is 3.65. The van der Waals surface area contributed by atoms with Crippen LogP contribution in [0, 0.1) is 24.0 Å². The minimum absolute atomic E-state index is 0.0147.